The topological polar surface area (TPSA) is 43.9 Å². The number of nitrogens with zero attached hydrogens (tertiary/aromatic N) is 3. The molecule has 0 aliphatic carbocycles. The highest BCUT2D eigenvalue weighted by molar-refractivity contribution is 6.09. The normalized spacial score (nSPS) is 12.1. The lowest BCUT2D eigenvalue weighted by molar-refractivity contribution is 0.590. The maximum Gasteiger partial charge on any atom is 0.227 e. The van der Waals surface area contributed by atoms with Crippen LogP contribution in [0.5, 0.6) is 0 Å². The van der Waals surface area contributed by atoms with E-state index in [9.17, 15) is 0 Å². The van der Waals surface area contributed by atoms with Crippen LogP contribution in [0.2, 0.25) is 0 Å². The zero-order valence-electron chi connectivity index (χ0n) is 27.5. The van der Waals surface area contributed by atoms with E-state index in [2.05, 4.69) is 167 Å². The molecule has 4 nitrogen and oxygen atoms in total. The number of hydrogen-bond donors (Lipinski definition) is 0. The van der Waals surface area contributed by atoms with E-state index < -0.39 is 0 Å². The molecule has 8 rings (SSSR count). The highest BCUT2D eigenvalue weighted by Gasteiger charge is 2.26. The lowest BCUT2D eigenvalue weighted by atomic mass is 9.82. The summed E-state index contributed by atoms with van der Waals surface area (Å²) >= 11 is 0. The van der Waals surface area contributed by atoms with E-state index >= 15 is 0 Å². The van der Waals surface area contributed by atoms with Gasteiger partial charge in [0.25, 0.3) is 0 Å². The molecule has 5 aromatic carbocycles. The van der Waals surface area contributed by atoms with E-state index in [4.69, 9.17) is 14.4 Å². The van der Waals surface area contributed by atoms with Gasteiger partial charge in [-0.25, -0.2) is 9.97 Å². The molecular weight excluding hydrogens is 574 g/mol. The monoisotopic (exact) mass is 611 g/mol. The summed E-state index contributed by atoms with van der Waals surface area (Å²) in [7, 11) is 0. The van der Waals surface area contributed by atoms with Crippen molar-refractivity contribution in [2.45, 2.75) is 46.0 Å². The minimum Gasteiger partial charge on any atom is -0.437 e. The first-order valence-corrected chi connectivity index (χ1v) is 16.4. The Morgan fingerprint density at radius 1 is 0.617 bits per heavy atom. The Kier molecular flexibility index (Phi) is 6.84. The SMILES string of the molecule is CC(C)c1ccc2c(n1)oc1c(-c3nc4ccccc4n3-c3c(-c4ccccc4)cc(C(C)(C)C)cc3-c3ccccc3)cccc12. The van der Waals surface area contributed by atoms with Crippen molar-refractivity contribution >= 4 is 33.1 Å². The lowest BCUT2D eigenvalue weighted by Gasteiger charge is -2.26. The first kappa shape index (κ1) is 29.0. The fourth-order valence-electron chi connectivity index (χ4n) is 6.61. The van der Waals surface area contributed by atoms with E-state index in [1.54, 1.807) is 0 Å². The third-order valence-electron chi connectivity index (χ3n) is 9.15. The first-order valence-electron chi connectivity index (χ1n) is 16.4. The molecule has 8 aromatic rings. The second-order valence-electron chi connectivity index (χ2n) is 13.7. The van der Waals surface area contributed by atoms with Crippen molar-refractivity contribution in [2.24, 2.45) is 0 Å². The standard InChI is InChI=1S/C43H37N3O/c1-27(2)36-24-23-32-31-19-14-20-33(40(31)47-42(32)45-36)41-44-37-21-12-13-22-38(37)46(41)39-34(28-15-8-6-9-16-28)25-30(43(3,4)5)26-35(39)29-17-10-7-11-18-29/h6-27H,1-5H3. The number of pyridine rings is 1. The summed E-state index contributed by atoms with van der Waals surface area (Å²) in [4.78, 5) is 10.3. The predicted octanol–water partition coefficient (Wildman–Crippen LogP) is 11.7. The lowest BCUT2D eigenvalue weighted by Crippen LogP contribution is -2.13. The van der Waals surface area contributed by atoms with Crippen molar-refractivity contribution in [2.75, 3.05) is 0 Å². The average Bonchev–Trinajstić information content (AvgIpc) is 3.66. The molecule has 0 saturated carbocycles. The van der Waals surface area contributed by atoms with Crippen LogP contribution in [0.15, 0.2) is 132 Å². The number of fused-ring (bicyclic) bond motifs is 4. The van der Waals surface area contributed by atoms with Gasteiger partial charge in [0.05, 0.1) is 22.3 Å². The molecule has 0 bridgehead atoms. The van der Waals surface area contributed by atoms with Gasteiger partial charge in [0.2, 0.25) is 5.71 Å². The number of aromatic nitrogens is 3. The molecule has 3 aromatic heterocycles. The van der Waals surface area contributed by atoms with Gasteiger partial charge in [0.15, 0.2) is 0 Å². The number of para-hydroxylation sites is 3. The fourth-order valence-corrected chi connectivity index (χ4v) is 6.61. The van der Waals surface area contributed by atoms with Crippen molar-refractivity contribution in [3.8, 4) is 39.3 Å². The van der Waals surface area contributed by atoms with Gasteiger partial charge >= 0.3 is 0 Å². The first-order chi connectivity index (χ1) is 22.8. The molecular formula is C43H37N3O. The number of rotatable bonds is 5. The molecule has 0 aliphatic heterocycles. The molecule has 4 heteroatoms. The fraction of sp³-hybridized carbons (Fsp3) is 0.163. The minimum atomic E-state index is -0.0624. The van der Waals surface area contributed by atoms with Crippen molar-refractivity contribution in [1.29, 1.82) is 0 Å². The van der Waals surface area contributed by atoms with E-state index in [-0.39, 0.29) is 5.41 Å². The molecule has 0 amide bonds. The molecule has 0 N–H and O–H groups in total. The van der Waals surface area contributed by atoms with Gasteiger partial charge in [0.1, 0.15) is 11.4 Å². The Balaban J connectivity index is 1.52. The molecule has 0 radical (unpaired) electrons. The zero-order chi connectivity index (χ0) is 32.3. The molecule has 47 heavy (non-hydrogen) atoms. The Hall–Kier alpha value is -5.48. The average molecular weight is 612 g/mol. The summed E-state index contributed by atoms with van der Waals surface area (Å²) in [6.07, 6.45) is 0. The van der Waals surface area contributed by atoms with Crippen LogP contribution in [-0.4, -0.2) is 14.5 Å². The summed E-state index contributed by atoms with van der Waals surface area (Å²) in [6.45, 7) is 11.2. The molecule has 0 unspecified atom stereocenters. The Morgan fingerprint density at radius 3 is 1.89 bits per heavy atom. The van der Waals surface area contributed by atoms with Crippen molar-refractivity contribution in [3.63, 3.8) is 0 Å². The van der Waals surface area contributed by atoms with Crippen LogP contribution in [0.4, 0.5) is 0 Å². The minimum absolute atomic E-state index is 0.0624. The number of benzene rings is 5. The third kappa shape index (κ3) is 4.92. The Bertz CT molecular complexity index is 2350. The molecule has 0 aliphatic rings. The van der Waals surface area contributed by atoms with Crippen LogP contribution < -0.4 is 0 Å². The van der Waals surface area contributed by atoms with Crippen molar-refractivity contribution in [1.82, 2.24) is 14.5 Å². The molecule has 0 saturated heterocycles. The van der Waals surface area contributed by atoms with Gasteiger partial charge in [-0.2, -0.15) is 0 Å². The molecule has 230 valence electrons. The summed E-state index contributed by atoms with van der Waals surface area (Å²) < 4.78 is 8.99. The van der Waals surface area contributed by atoms with Gasteiger partial charge in [-0.3, -0.25) is 4.57 Å². The Labute approximate surface area is 275 Å². The largest absolute Gasteiger partial charge is 0.437 e. The van der Waals surface area contributed by atoms with Crippen LogP contribution in [0.1, 0.15) is 51.8 Å². The third-order valence-corrected chi connectivity index (χ3v) is 9.15. The van der Waals surface area contributed by atoms with Gasteiger partial charge < -0.3 is 4.42 Å². The predicted molar refractivity (Wildman–Crippen MR) is 195 cm³/mol. The molecule has 0 spiro atoms. The van der Waals surface area contributed by atoms with Crippen LogP contribution in [0.3, 0.4) is 0 Å². The van der Waals surface area contributed by atoms with Gasteiger partial charge in [-0.1, -0.05) is 120 Å². The van der Waals surface area contributed by atoms with Crippen LogP contribution >= 0.6 is 0 Å². The van der Waals surface area contributed by atoms with Gasteiger partial charge in [-0.15, -0.1) is 0 Å². The highest BCUT2D eigenvalue weighted by Crippen LogP contribution is 2.44. The molecule has 0 fully saturated rings. The van der Waals surface area contributed by atoms with E-state index in [0.29, 0.717) is 11.6 Å². The van der Waals surface area contributed by atoms with Crippen LogP contribution in [-0.2, 0) is 5.41 Å². The van der Waals surface area contributed by atoms with Crippen LogP contribution in [0.25, 0.3) is 72.4 Å². The van der Waals surface area contributed by atoms with E-state index in [1.165, 1.54) is 5.56 Å². The summed E-state index contributed by atoms with van der Waals surface area (Å²) in [6, 6.07) is 45.2. The second kappa shape index (κ2) is 11.1. The molecule has 0 atom stereocenters. The maximum absolute atomic E-state index is 6.64. The summed E-state index contributed by atoms with van der Waals surface area (Å²) in [5.74, 6) is 1.14. The van der Waals surface area contributed by atoms with E-state index in [0.717, 1.165) is 72.4 Å². The number of imidazole rings is 1. The van der Waals surface area contributed by atoms with E-state index in [1.807, 2.05) is 0 Å². The number of hydrogen-bond acceptors (Lipinski definition) is 3. The molecule has 3 heterocycles. The highest BCUT2D eigenvalue weighted by atomic mass is 16.3. The van der Waals surface area contributed by atoms with Gasteiger partial charge in [0, 0.05) is 27.6 Å². The number of furan rings is 1. The zero-order valence-corrected chi connectivity index (χ0v) is 27.5. The Morgan fingerprint density at radius 2 is 1.26 bits per heavy atom. The maximum atomic E-state index is 6.64. The smallest absolute Gasteiger partial charge is 0.227 e. The van der Waals surface area contributed by atoms with Crippen LogP contribution in [0, 0.1) is 0 Å². The second-order valence-corrected chi connectivity index (χ2v) is 13.7. The van der Waals surface area contributed by atoms with Gasteiger partial charge in [-0.05, 0) is 70.5 Å². The summed E-state index contributed by atoms with van der Waals surface area (Å²) in [5, 5.41) is 2.05. The quantitative estimate of drug-likeness (QED) is 0.194. The van der Waals surface area contributed by atoms with Crippen molar-refractivity contribution < 1.29 is 4.42 Å². The summed E-state index contributed by atoms with van der Waals surface area (Å²) in [5.41, 5.74) is 12.3. The van der Waals surface area contributed by atoms with Crippen molar-refractivity contribution in [3.05, 3.63) is 139 Å².